The molecule has 0 bridgehead atoms. The molecule has 2 amide bonds. The van der Waals surface area contributed by atoms with Crippen LogP contribution in [0.3, 0.4) is 0 Å². The van der Waals surface area contributed by atoms with Crippen LogP contribution < -0.4 is 14.8 Å². The van der Waals surface area contributed by atoms with Crippen molar-refractivity contribution in [2.75, 3.05) is 10.0 Å². The van der Waals surface area contributed by atoms with Gasteiger partial charge in [-0.3, -0.25) is 9.40 Å². The lowest BCUT2D eigenvalue weighted by molar-refractivity contribution is 0.256. The van der Waals surface area contributed by atoms with Gasteiger partial charge >= 0.3 is 16.2 Å². The molecule has 1 aromatic carbocycles. The number of hydrogen-bond acceptors (Lipinski definition) is 4. The lowest BCUT2D eigenvalue weighted by atomic mass is 9.99. The molecule has 0 radical (unpaired) electrons. The maximum atomic E-state index is 12.5. The zero-order valence-corrected chi connectivity index (χ0v) is 16.9. The molecule has 0 unspecified atom stereocenters. The summed E-state index contributed by atoms with van der Waals surface area (Å²) in [6.45, 7) is 3.88. The summed E-state index contributed by atoms with van der Waals surface area (Å²) < 4.78 is 30.7. The molecular weight excluding hydrogens is 378 g/mol. The predicted molar refractivity (Wildman–Crippen MR) is 108 cm³/mol. The first-order valence-corrected chi connectivity index (χ1v) is 11.1. The number of nitrogens with one attached hydrogen (secondary N) is 3. The van der Waals surface area contributed by atoms with Crippen LogP contribution in [0.25, 0.3) is 0 Å². The van der Waals surface area contributed by atoms with Crippen molar-refractivity contribution in [2.45, 2.75) is 58.4 Å². The fourth-order valence-corrected chi connectivity index (χ4v) is 4.84. The average Bonchev–Trinajstić information content (AvgIpc) is 3.32. The first-order chi connectivity index (χ1) is 13.3. The topological polar surface area (TPSA) is 105 Å². The van der Waals surface area contributed by atoms with Crippen LogP contribution in [-0.4, -0.2) is 24.2 Å². The summed E-state index contributed by atoms with van der Waals surface area (Å²) >= 11 is 0. The van der Waals surface area contributed by atoms with Crippen LogP contribution in [0, 0.1) is 0 Å². The molecule has 8 nitrogen and oxygen atoms in total. The van der Waals surface area contributed by atoms with E-state index in [2.05, 4.69) is 21.2 Å². The van der Waals surface area contributed by atoms with Crippen LogP contribution in [0.5, 0.6) is 0 Å². The van der Waals surface area contributed by atoms with Crippen molar-refractivity contribution in [3.63, 3.8) is 0 Å². The number of urea groups is 1. The van der Waals surface area contributed by atoms with E-state index in [0.717, 1.165) is 55.3 Å². The number of aromatic nitrogens is 2. The first kappa shape index (κ1) is 18.8. The molecule has 2 aliphatic carbocycles. The minimum atomic E-state index is -4.06. The predicted octanol–water partition coefficient (Wildman–Crippen LogP) is 2.92. The van der Waals surface area contributed by atoms with Crippen LogP contribution in [-0.2, 0) is 35.9 Å². The molecule has 2 aromatic rings. The standard InChI is InChI=1S/C19H25N5O3S/c1-12(2)24-11-15(10-20-24)22-28(26,27)23-19(25)21-18-16-7-3-5-13(16)9-14-6-4-8-17(14)18/h9-12,22H,3-8H2,1-2H3,(H2,21,23,25). The third-order valence-electron chi connectivity index (χ3n) is 5.32. The van der Waals surface area contributed by atoms with Crippen molar-refractivity contribution in [3.05, 3.63) is 40.7 Å². The molecule has 0 saturated carbocycles. The van der Waals surface area contributed by atoms with E-state index in [1.165, 1.54) is 17.3 Å². The Bertz CT molecular complexity index is 994. The number of benzene rings is 1. The van der Waals surface area contributed by atoms with E-state index in [4.69, 9.17) is 0 Å². The van der Waals surface area contributed by atoms with Gasteiger partial charge in [0, 0.05) is 17.9 Å². The normalized spacial score (nSPS) is 15.4. The lowest BCUT2D eigenvalue weighted by Crippen LogP contribution is -2.38. The third kappa shape index (κ3) is 3.71. The highest BCUT2D eigenvalue weighted by atomic mass is 32.2. The maximum Gasteiger partial charge on any atom is 0.334 e. The molecule has 1 aromatic heterocycles. The van der Waals surface area contributed by atoms with E-state index in [9.17, 15) is 13.2 Å². The Labute approximate surface area is 164 Å². The first-order valence-electron chi connectivity index (χ1n) is 9.64. The summed E-state index contributed by atoms with van der Waals surface area (Å²) in [5, 5.41) is 6.90. The van der Waals surface area contributed by atoms with Gasteiger partial charge in [0.1, 0.15) is 0 Å². The fourth-order valence-electron chi connectivity index (χ4n) is 4.08. The van der Waals surface area contributed by atoms with Crippen molar-refractivity contribution in [2.24, 2.45) is 0 Å². The Balaban J connectivity index is 1.49. The Morgan fingerprint density at radius 3 is 2.32 bits per heavy atom. The maximum absolute atomic E-state index is 12.5. The molecule has 2 aliphatic rings. The summed E-state index contributed by atoms with van der Waals surface area (Å²) in [6.07, 6.45) is 8.97. The quantitative estimate of drug-likeness (QED) is 0.714. The van der Waals surface area contributed by atoms with Crippen LogP contribution in [0.4, 0.5) is 16.2 Å². The van der Waals surface area contributed by atoms with Crippen LogP contribution >= 0.6 is 0 Å². The van der Waals surface area contributed by atoms with Crippen molar-refractivity contribution in [1.29, 1.82) is 0 Å². The molecular formula is C19H25N5O3S. The van der Waals surface area contributed by atoms with Crippen molar-refractivity contribution in [1.82, 2.24) is 14.5 Å². The third-order valence-corrected chi connectivity index (χ3v) is 6.28. The number of rotatable bonds is 5. The van der Waals surface area contributed by atoms with Gasteiger partial charge in [-0.25, -0.2) is 9.52 Å². The van der Waals surface area contributed by atoms with Crippen LogP contribution in [0.15, 0.2) is 18.5 Å². The van der Waals surface area contributed by atoms with Gasteiger partial charge in [0.15, 0.2) is 0 Å². The van der Waals surface area contributed by atoms with E-state index in [1.807, 2.05) is 18.6 Å². The molecule has 0 fully saturated rings. The van der Waals surface area contributed by atoms with Gasteiger partial charge in [0.2, 0.25) is 0 Å². The highest BCUT2D eigenvalue weighted by molar-refractivity contribution is 7.91. The molecule has 4 rings (SSSR count). The molecule has 0 spiro atoms. The van der Waals surface area contributed by atoms with E-state index in [-0.39, 0.29) is 6.04 Å². The van der Waals surface area contributed by atoms with Crippen LogP contribution in [0.1, 0.15) is 55.0 Å². The summed E-state index contributed by atoms with van der Waals surface area (Å²) in [5.41, 5.74) is 5.97. The number of fused-ring (bicyclic) bond motifs is 2. The largest absolute Gasteiger partial charge is 0.334 e. The Morgan fingerprint density at radius 1 is 1.11 bits per heavy atom. The number of hydrogen-bond donors (Lipinski definition) is 3. The lowest BCUT2D eigenvalue weighted by Gasteiger charge is -2.16. The van der Waals surface area contributed by atoms with Gasteiger partial charge in [-0.2, -0.15) is 13.5 Å². The molecule has 1 heterocycles. The highest BCUT2D eigenvalue weighted by Gasteiger charge is 2.26. The van der Waals surface area contributed by atoms with E-state index >= 15 is 0 Å². The Kier molecular flexibility index (Phi) is 4.78. The molecule has 0 atom stereocenters. The average molecular weight is 404 g/mol. The summed E-state index contributed by atoms with van der Waals surface area (Å²) in [6, 6.07) is 1.62. The smallest absolute Gasteiger partial charge is 0.307 e. The SMILES string of the molecule is CC(C)n1cc(NS(=O)(=O)NC(=O)Nc2c3c(cc4c2CCC4)CCC3)cn1. The fraction of sp³-hybridized carbons (Fsp3) is 0.474. The van der Waals surface area contributed by atoms with Gasteiger partial charge in [-0.15, -0.1) is 0 Å². The van der Waals surface area contributed by atoms with E-state index in [1.54, 1.807) is 10.9 Å². The molecule has 28 heavy (non-hydrogen) atoms. The minimum absolute atomic E-state index is 0.108. The summed E-state index contributed by atoms with van der Waals surface area (Å²) in [4.78, 5) is 12.5. The zero-order chi connectivity index (χ0) is 19.9. The van der Waals surface area contributed by atoms with Crippen molar-refractivity contribution in [3.8, 4) is 0 Å². The Morgan fingerprint density at radius 2 is 1.75 bits per heavy atom. The molecule has 0 saturated heterocycles. The number of nitrogens with zero attached hydrogens (tertiary/aromatic N) is 2. The van der Waals surface area contributed by atoms with Gasteiger partial charge in [-0.1, -0.05) is 6.07 Å². The van der Waals surface area contributed by atoms with Gasteiger partial charge in [0.25, 0.3) is 0 Å². The van der Waals surface area contributed by atoms with Gasteiger partial charge in [-0.05, 0) is 74.6 Å². The number of carbonyl (C=O) groups excluding carboxylic acids is 1. The van der Waals surface area contributed by atoms with Crippen molar-refractivity contribution < 1.29 is 13.2 Å². The van der Waals surface area contributed by atoms with Crippen LogP contribution in [0.2, 0.25) is 0 Å². The highest BCUT2D eigenvalue weighted by Crippen LogP contribution is 2.38. The second kappa shape index (κ2) is 7.12. The minimum Gasteiger partial charge on any atom is -0.307 e. The number of aryl methyl sites for hydroxylation is 2. The number of anilines is 2. The number of carbonyl (C=O) groups is 1. The van der Waals surface area contributed by atoms with E-state index < -0.39 is 16.2 Å². The van der Waals surface area contributed by atoms with E-state index in [0.29, 0.717) is 5.69 Å². The van der Waals surface area contributed by atoms with Gasteiger partial charge < -0.3 is 5.32 Å². The van der Waals surface area contributed by atoms with Crippen molar-refractivity contribution >= 4 is 27.6 Å². The molecule has 150 valence electrons. The number of amides is 2. The molecule has 0 aliphatic heterocycles. The monoisotopic (exact) mass is 403 g/mol. The van der Waals surface area contributed by atoms with Gasteiger partial charge in [0.05, 0.1) is 11.9 Å². The summed E-state index contributed by atoms with van der Waals surface area (Å²) in [5.74, 6) is 0. The zero-order valence-electron chi connectivity index (χ0n) is 16.1. The second-order valence-corrected chi connectivity index (χ2v) is 9.11. The Hall–Kier alpha value is -2.55. The summed E-state index contributed by atoms with van der Waals surface area (Å²) in [7, 11) is -4.06. The molecule has 3 N–H and O–H groups in total. The molecule has 9 heteroatoms. The second-order valence-electron chi connectivity index (χ2n) is 7.70.